The molecular formula is C30H41N3O6S2. The minimum absolute atomic E-state index is 0.0295. The van der Waals surface area contributed by atoms with E-state index in [2.05, 4.69) is 10.0 Å². The molecule has 0 unspecified atom stereocenters. The summed E-state index contributed by atoms with van der Waals surface area (Å²) in [6, 6.07) is 10.5. The summed E-state index contributed by atoms with van der Waals surface area (Å²) in [6.07, 6.45) is 7.36. The van der Waals surface area contributed by atoms with Crippen molar-refractivity contribution in [1.82, 2.24) is 15.0 Å². The monoisotopic (exact) mass is 603 g/mol. The van der Waals surface area contributed by atoms with Crippen LogP contribution in [0.5, 0.6) is 0 Å². The molecule has 2 fully saturated rings. The number of sulfonamides is 1. The minimum Gasteiger partial charge on any atom is -0.437 e. The molecule has 1 saturated carbocycles. The van der Waals surface area contributed by atoms with Crippen molar-refractivity contribution < 1.29 is 26.7 Å². The summed E-state index contributed by atoms with van der Waals surface area (Å²) >= 11 is 0. The molecule has 11 heteroatoms. The Morgan fingerprint density at radius 2 is 1.66 bits per heavy atom. The lowest BCUT2D eigenvalue weighted by molar-refractivity contribution is 0.0896. The molecule has 1 saturated heterocycles. The Morgan fingerprint density at radius 3 is 2.32 bits per heavy atom. The van der Waals surface area contributed by atoms with Crippen LogP contribution >= 0.6 is 10.6 Å². The lowest BCUT2D eigenvalue weighted by Crippen LogP contribution is -2.40. The van der Waals surface area contributed by atoms with E-state index in [-0.39, 0.29) is 28.3 Å². The normalized spacial score (nSPS) is 19.7. The minimum atomic E-state index is -3.80. The van der Waals surface area contributed by atoms with Gasteiger partial charge in [0.2, 0.25) is 10.0 Å². The number of carbonyl (C=O) groups excluding carboxylic acids is 1. The van der Waals surface area contributed by atoms with E-state index < -0.39 is 32.1 Å². The molecule has 0 atom stereocenters. The second-order valence-electron chi connectivity index (χ2n) is 12.5. The standard InChI is InChI=1S/C30H41N3O6S2/c1-30(2,3)33-41(37,38)26-14-13-24(22-11-7-8-12-23(22)26)27-25(19-20-9-5-4-6-10-20)39-29(32-27)28(34)31-21-15-17-40(35,36)18-16-21/h7-8,11-14,20-21,33,35-36H,4-6,9-10,15-19H2,1-3H3,(H,31,34). The van der Waals surface area contributed by atoms with Crippen molar-refractivity contribution in [3.05, 3.63) is 48.0 Å². The van der Waals surface area contributed by atoms with Crippen molar-refractivity contribution in [3.8, 4) is 11.3 Å². The first kappa shape index (κ1) is 30.0. The van der Waals surface area contributed by atoms with Gasteiger partial charge in [0.25, 0.3) is 5.89 Å². The predicted molar refractivity (Wildman–Crippen MR) is 163 cm³/mol. The van der Waals surface area contributed by atoms with Gasteiger partial charge in [-0.2, -0.15) is 10.6 Å². The highest BCUT2D eigenvalue weighted by atomic mass is 32.3. The molecule has 1 aliphatic carbocycles. The number of hydrogen-bond acceptors (Lipinski definition) is 7. The second kappa shape index (κ2) is 11.7. The molecule has 224 valence electrons. The summed E-state index contributed by atoms with van der Waals surface area (Å²) in [5.74, 6) is 1.14. The van der Waals surface area contributed by atoms with E-state index in [0.717, 1.165) is 18.4 Å². The zero-order valence-electron chi connectivity index (χ0n) is 24.0. The first-order valence-electron chi connectivity index (χ1n) is 14.4. The van der Waals surface area contributed by atoms with Crippen LogP contribution in [0.25, 0.3) is 22.0 Å². The average molecular weight is 604 g/mol. The number of carbonyl (C=O) groups is 1. The Balaban J connectivity index is 1.53. The van der Waals surface area contributed by atoms with Gasteiger partial charge in [0, 0.05) is 40.5 Å². The molecule has 2 aliphatic rings. The summed E-state index contributed by atoms with van der Waals surface area (Å²) in [7, 11) is -6.36. The molecular weight excluding hydrogens is 562 g/mol. The molecule has 0 radical (unpaired) electrons. The quantitative estimate of drug-likeness (QED) is 0.247. The predicted octanol–water partition coefficient (Wildman–Crippen LogP) is 6.34. The third kappa shape index (κ3) is 7.14. The van der Waals surface area contributed by atoms with Gasteiger partial charge in [-0.3, -0.25) is 13.9 Å². The lowest BCUT2D eigenvalue weighted by atomic mass is 9.85. The van der Waals surface area contributed by atoms with Crippen molar-refractivity contribution in [2.24, 2.45) is 5.92 Å². The third-order valence-corrected chi connectivity index (χ3v) is 11.5. The number of oxazole rings is 1. The number of rotatable bonds is 7. The number of nitrogens with zero attached hydrogens (tertiary/aromatic N) is 1. The van der Waals surface area contributed by atoms with Crippen molar-refractivity contribution in [2.45, 2.75) is 88.6 Å². The smallest absolute Gasteiger partial charge is 0.307 e. The Morgan fingerprint density at radius 1 is 1.00 bits per heavy atom. The molecule has 1 aromatic heterocycles. The van der Waals surface area contributed by atoms with Crippen LogP contribution in [0.3, 0.4) is 0 Å². The Kier molecular flexibility index (Phi) is 8.56. The number of aromatic nitrogens is 1. The summed E-state index contributed by atoms with van der Waals surface area (Å²) in [5.41, 5.74) is 0.633. The average Bonchev–Trinajstić information content (AvgIpc) is 3.32. The van der Waals surface area contributed by atoms with E-state index in [1.54, 1.807) is 39.0 Å². The van der Waals surface area contributed by atoms with Gasteiger partial charge in [-0.1, -0.05) is 62.4 Å². The fourth-order valence-electron chi connectivity index (χ4n) is 5.92. The fourth-order valence-corrected chi connectivity index (χ4v) is 9.08. The highest BCUT2D eigenvalue weighted by molar-refractivity contribution is 8.24. The van der Waals surface area contributed by atoms with Crippen LogP contribution in [0.4, 0.5) is 0 Å². The van der Waals surface area contributed by atoms with E-state index in [4.69, 9.17) is 9.40 Å². The van der Waals surface area contributed by atoms with E-state index in [1.807, 2.05) is 18.2 Å². The van der Waals surface area contributed by atoms with Crippen LogP contribution in [0.2, 0.25) is 0 Å². The molecule has 3 aromatic rings. The summed E-state index contributed by atoms with van der Waals surface area (Å²) < 4.78 is 55.5. The van der Waals surface area contributed by atoms with Gasteiger partial charge in [0.15, 0.2) is 0 Å². The zero-order valence-corrected chi connectivity index (χ0v) is 25.6. The third-order valence-electron chi connectivity index (χ3n) is 7.88. The molecule has 2 aromatic carbocycles. The topological polar surface area (TPSA) is 142 Å². The van der Waals surface area contributed by atoms with E-state index in [0.29, 0.717) is 47.4 Å². The van der Waals surface area contributed by atoms with E-state index >= 15 is 0 Å². The molecule has 4 N–H and O–H groups in total. The van der Waals surface area contributed by atoms with E-state index in [9.17, 15) is 22.3 Å². The van der Waals surface area contributed by atoms with Crippen LogP contribution in [-0.4, -0.2) is 51.5 Å². The molecule has 1 aliphatic heterocycles. The fraction of sp³-hybridized carbons (Fsp3) is 0.533. The molecule has 41 heavy (non-hydrogen) atoms. The summed E-state index contributed by atoms with van der Waals surface area (Å²) in [6.45, 7) is 5.41. The molecule has 2 heterocycles. The van der Waals surface area contributed by atoms with Gasteiger partial charge in [0.05, 0.1) is 4.90 Å². The highest BCUT2D eigenvalue weighted by Crippen LogP contribution is 2.44. The Hall–Kier alpha value is -2.44. The second-order valence-corrected chi connectivity index (χ2v) is 16.5. The number of nitrogens with one attached hydrogen (secondary N) is 2. The van der Waals surface area contributed by atoms with Gasteiger partial charge < -0.3 is 9.73 Å². The van der Waals surface area contributed by atoms with Crippen LogP contribution in [-0.2, 0) is 16.4 Å². The maximum absolute atomic E-state index is 13.3. The molecule has 5 rings (SSSR count). The van der Waals surface area contributed by atoms with Gasteiger partial charge in [-0.05, 0) is 51.0 Å². The van der Waals surface area contributed by atoms with Gasteiger partial charge >= 0.3 is 5.91 Å². The zero-order chi connectivity index (χ0) is 29.4. The van der Waals surface area contributed by atoms with Crippen LogP contribution in [0, 0.1) is 5.92 Å². The Labute approximate surface area is 243 Å². The van der Waals surface area contributed by atoms with Crippen LogP contribution < -0.4 is 10.0 Å². The maximum atomic E-state index is 13.3. The number of amides is 1. The number of fused-ring (bicyclic) bond motifs is 1. The Bertz CT molecular complexity index is 1510. The molecule has 9 nitrogen and oxygen atoms in total. The van der Waals surface area contributed by atoms with Gasteiger partial charge in [0.1, 0.15) is 11.5 Å². The van der Waals surface area contributed by atoms with Crippen LogP contribution in [0.15, 0.2) is 45.7 Å². The summed E-state index contributed by atoms with van der Waals surface area (Å²) in [5, 5.41) is 4.25. The first-order valence-corrected chi connectivity index (χ1v) is 17.8. The summed E-state index contributed by atoms with van der Waals surface area (Å²) in [4.78, 5) is 18.2. The highest BCUT2D eigenvalue weighted by Gasteiger charge is 2.30. The first-order chi connectivity index (χ1) is 19.3. The van der Waals surface area contributed by atoms with Crippen molar-refractivity contribution >= 4 is 37.3 Å². The lowest BCUT2D eigenvalue weighted by Gasteiger charge is -2.39. The molecule has 0 bridgehead atoms. The van der Waals surface area contributed by atoms with Crippen LogP contribution in [0.1, 0.15) is 82.2 Å². The SMILES string of the molecule is CC(C)(C)NS(=O)(=O)c1ccc(-c2nc(C(=O)NC3CCS(O)(O)CC3)oc2CC2CCCCC2)c2ccccc12. The molecule has 0 spiro atoms. The number of hydrogen-bond donors (Lipinski definition) is 4. The van der Waals surface area contributed by atoms with Gasteiger partial charge in [-0.15, -0.1) is 0 Å². The van der Waals surface area contributed by atoms with E-state index in [1.165, 1.54) is 19.3 Å². The largest absolute Gasteiger partial charge is 0.437 e. The van der Waals surface area contributed by atoms with Crippen molar-refractivity contribution in [2.75, 3.05) is 11.5 Å². The number of benzene rings is 2. The molecule has 1 amide bonds. The van der Waals surface area contributed by atoms with Gasteiger partial charge in [-0.25, -0.2) is 18.1 Å². The maximum Gasteiger partial charge on any atom is 0.307 e. The van der Waals surface area contributed by atoms with Crippen molar-refractivity contribution in [3.63, 3.8) is 0 Å². The van der Waals surface area contributed by atoms with Crippen molar-refractivity contribution in [1.29, 1.82) is 0 Å².